The van der Waals surface area contributed by atoms with E-state index < -0.39 is 5.60 Å². The number of imidazole rings is 1. The van der Waals surface area contributed by atoms with Crippen LogP contribution in [0.15, 0.2) is 42.7 Å². The number of para-hydroxylation sites is 1. The molecule has 0 unspecified atom stereocenters. The van der Waals surface area contributed by atoms with Gasteiger partial charge in [0, 0.05) is 24.5 Å². The van der Waals surface area contributed by atoms with E-state index in [0.29, 0.717) is 0 Å². The van der Waals surface area contributed by atoms with Gasteiger partial charge in [0.15, 0.2) is 0 Å². The number of pyridine rings is 1. The average molecular weight is 504 g/mol. The van der Waals surface area contributed by atoms with Crippen molar-refractivity contribution in [3.63, 3.8) is 0 Å². The number of aliphatic hydroxyl groups is 1. The predicted molar refractivity (Wildman–Crippen MR) is 149 cm³/mol. The normalized spacial score (nSPS) is 14.2. The molecule has 1 fully saturated rings. The van der Waals surface area contributed by atoms with E-state index in [2.05, 4.69) is 51.8 Å². The number of fused-ring (bicyclic) bond motifs is 1. The van der Waals surface area contributed by atoms with E-state index >= 15 is 0 Å². The summed E-state index contributed by atoms with van der Waals surface area (Å²) in [6, 6.07) is 10.4. The Balaban J connectivity index is 0.00000121. The number of nitrogens with one attached hydrogen (secondary N) is 1. The number of aliphatic hydroxyl groups excluding tert-OH is 1. The molecule has 1 aromatic carbocycles. The molecule has 0 spiro atoms. The summed E-state index contributed by atoms with van der Waals surface area (Å²) in [5, 5.41) is 13.3. The molecule has 2 aromatic heterocycles. The van der Waals surface area contributed by atoms with Crippen molar-refractivity contribution in [3.8, 4) is 18.2 Å². The molecular weight excluding hydrogens is 466 g/mol. The van der Waals surface area contributed by atoms with E-state index in [1.165, 1.54) is 0 Å². The number of piperidine rings is 1. The first-order valence-electron chi connectivity index (χ1n) is 12.5. The van der Waals surface area contributed by atoms with Crippen LogP contribution in [-0.2, 0) is 4.74 Å². The number of aryl methyl sites for hydroxylation is 1. The van der Waals surface area contributed by atoms with Crippen molar-refractivity contribution in [2.45, 2.75) is 59.1 Å². The molecule has 1 saturated heterocycles. The van der Waals surface area contributed by atoms with Crippen LogP contribution < -0.4 is 10.2 Å². The second-order valence-electron chi connectivity index (χ2n) is 9.88. The molecule has 0 saturated carbocycles. The smallest absolute Gasteiger partial charge is 0.407 e. The van der Waals surface area contributed by atoms with Crippen LogP contribution in [0.3, 0.4) is 0 Å². The van der Waals surface area contributed by atoms with E-state index in [0.717, 1.165) is 59.7 Å². The minimum atomic E-state index is -0.501. The van der Waals surface area contributed by atoms with Crippen molar-refractivity contribution in [1.29, 1.82) is 0 Å². The highest BCUT2D eigenvalue weighted by atomic mass is 16.6. The second-order valence-corrected chi connectivity index (χ2v) is 9.88. The summed E-state index contributed by atoms with van der Waals surface area (Å²) in [4.78, 5) is 23.9. The molecule has 2 N–H and O–H groups in total. The summed E-state index contributed by atoms with van der Waals surface area (Å²) in [6.45, 7) is 10.8. The predicted octanol–water partition coefficient (Wildman–Crippen LogP) is 4.87. The lowest BCUT2D eigenvalue weighted by Crippen LogP contribution is -2.46. The quantitative estimate of drug-likeness (QED) is 0.483. The van der Waals surface area contributed by atoms with Crippen molar-refractivity contribution < 1.29 is 14.6 Å². The van der Waals surface area contributed by atoms with E-state index in [9.17, 15) is 9.90 Å². The lowest BCUT2D eigenvalue weighted by atomic mass is 10.0. The van der Waals surface area contributed by atoms with Gasteiger partial charge in [-0.05, 0) is 71.7 Å². The summed E-state index contributed by atoms with van der Waals surface area (Å²) in [6.07, 6.45) is 11.2. The molecule has 0 bridgehead atoms. The van der Waals surface area contributed by atoms with Crippen LogP contribution in [0.5, 0.6) is 0 Å². The monoisotopic (exact) mass is 503 g/mol. The zero-order chi connectivity index (χ0) is 27.0. The molecule has 0 atom stereocenters. The van der Waals surface area contributed by atoms with E-state index in [1.54, 1.807) is 19.3 Å². The van der Waals surface area contributed by atoms with Gasteiger partial charge in [-0.2, -0.15) is 0 Å². The van der Waals surface area contributed by atoms with Gasteiger partial charge in [0.1, 0.15) is 17.7 Å². The molecule has 8 heteroatoms. The summed E-state index contributed by atoms with van der Waals surface area (Å²) in [5.74, 6) is 3.03. The van der Waals surface area contributed by atoms with E-state index in [-0.39, 0.29) is 18.7 Å². The minimum absolute atomic E-state index is 0.0291. The Morgan fingerprint density at radius 3 is 2.62 bits per heavy atom. The Labute approximate surface area is 219 Å². The lowest BCUT2D eigenvalue weighted by Gasteiger charge is -2.34. The number of aromatic nitrogens is 3. The zero-order valence-corrected chi connectivity index (χ0v) is 22.4. The molecule has 196 valence electrons. The van der Waals surface area contributed by atoms with Crippen LogP contribution in [0, 0.1) is 19.3 Å². The molecule has 0 radical (unpaired) electrons. The minimum Gasteiger partial charge on any atom is -0.444 e. The number of benzene rings is 1. The number of carbonyl (C=O) groups is 1. The number of rotatable bonds is 5. The second kappa shape index (κ2) is 12.4. The molecule has 0 aliphatic carbocycles. The largest absolute Gasteiger partial charge is 0.444 e. The number of alkyl carbamates (subject to hydrolysis) is 1. The topological polar surface area (TPSA) is 92.5 Å². The Bertz CT molecular complexity index is 1270. The van der Waals surface area contributed by atoms with Crippen molar-refractivity contribution in [2.24, 2.45) is 0 Å². The van der Waals surface area contributed by atoms with Crippen LogP contribution >= 0.6 is 0 Å². The first-order valence-corrected chi connectivity index (χ1v) is 12.5. The van der Waals surface area contributed by atoms with Crippen LogP contribution in [0.4, 0.5) is 10.5 Å². The Hall–Kier alpha value is -3.83. The Morgan fingerprint density at radius 1 is 1.27 bits per heavy atom. The molecule has 8 nitrogen and oxygen atoms in total. The van der Waals surface area contributed by atoms with Gasteiger partial charge < -0.3 is 20.1 Å². The molecule has 3 heterocycles. The van der Waals surface area contributed by atoms with Crippen LogP contribution in [0.2, 0.25) is 0 Å². The first kappa shape index (κ1) is 27.8. The highest BCUT2D eigenvalue weighted by Crippen LogP contribution is 2.29. The number of ether oxygens (including phenoxy) is 1. The Morgan fingerprint density at radius 2 is 1.97 bits per heavy atom. The zero-order valence-electron chi connectivity index (χ0n) is 22.4. The maximum Gasteiger partial charge on any atom is 0.407 e. The summed E-state index contributed by atoms with van der Waals surface area (Å²) in [7, 11) is 0. The molecular formula is C29H37N5O3. The third-order valence-electron chi connectivity index (χ3n) is 5.87. The van der Waals surface area contributed by atoms with Crippen molar-refractivity contribution in [2.75, 3.05) is 24.6 Å². The number of amides is 1. The molecule has 1 aliphatic rings. The highest BCUT2D eigenvalue weighted by Gasteiger charge is 2.25. The van der Waals surface area contributed by atoms with E-state index in [4.69, 9.17) is 9.72 Å². The van der Waals surface area contributed by atoms with Gasteiger partial charge in [-0.3, -0.25) is 4.57 Å². The number of terminal acetylenes is 1. The fraction of sp³-hybridized carbons (Fsp3) is 0.414. The molecule has 1 aliphatic heterocycles. The SMILES string of the molecule is C#CC.Cc1ncn(-c2ccc3cccc(N4CCC(NC(=O)OC(C)(C)C)CC4)c3n2)c1/C=C\CO. The van der Waals surface area contributed by atoms with Gasteiger partial charge in [-0.1, -0.05) is 18.2 Å². The maximum absolute atomic E-state index is 12.1. The van der Waals surface area contributed by atoms with Gasteiger partial charge in [0.2, 0.25) is 0 Å². The summed E-state index contributed by atoms with van der Waals surface area (Å²) >= 11 is 0. The highest BCUT2D eigenvalue weighted by molar-refractivity contribution is 5.91. The van der Waals surface area contributed by atoms with Crippen LogP contribution in [0.25, 0.3) is 22.8 Å². The van der Waals surface area contributed by atoms with E-state index in [1.807, 2.05) is 44.4 Å². The Kier molecular flexibility index (Phi) is 9.31. The third-order valence-corrected chi connectivity index (χ3v) is 5.87. The van der Waals surface area contributed by atoms with Crippen LogP contribution in [0.1, 0.15) is 51.9 Å². The van der Waals surface area contributed by atoms with Crippen molar-refractivity contribution in [1.82, 2.24) is 19.9 Å². The summed E-state index contributed by atoms with van der Waals surface area (Å²) in [5.41, 5.74) is 3.28. The number of carbonyl (C=O) groups excluding carboxylic acids is 1. The first-order chi connectivity index (χ1) is 17.7. The lowest BCUT2D eigenvalue weighted by molar-refractivity contribution is 0.0497. The third kappa shape index (κ3) is 7.34. The molecule has 4 rings (SSSR count). The number of hydrogen-bond donors (Lipinski definition) is 2. The number of hydrogen-bond acceptors (Lipinski definition) is 6. The fourth-order valence-electron chi connectivity index (χ4n) is 4.24. The maximum atomic E-state index is 12.1. The summed E-state index contributed by atoms with van der Waals surface area (Å²) < 4.78 is 7.34. The van der Waals surface area contributed by atoms with Gasteiger partial charge >= 0.3 is 6.09 Å². The van der Waals surface area contributed by atoms with Crippen LogP contribution in [-0.4, -0.2) is 57.1 Å². The van der Waals surface area contributed by atoms with Crippen molar-refractivity contribution >= 4 is 28.8 Å². The fourth-order valence-corrected chi connectivity index (χ4v) is 4.24. The number of anilines is 1. The number of nitrogens with zero attached hydrogens (tertiary/aromatic N) is 4. The molecule has 1 amide bonds. The van der Waals surface area contributed by atoms with Gasteiger partial charge in [0.05, 0.1) is 29.2 Å². The van der Waals surface area contributed by atoms with Gasteiger partial charge in [-0.15, -0.1) is 12.3 Å². The standard InChI is InChI=1S/C26H33N5O3.C3H4/c1-18-21(9-6-16-32)31(17-27-18)23-11-10-19-7-5-8-22(24(19)29-23)30-14-12-20(13-15-30)28-25(33)34-26(2,3)4;1-3-2/h5-11,17,20,32H,12-16H2,1-4H3,(H,28,33);1H,2H3/b9-6-;. The van der Waals surface area contributed by atoms with Gasteiger partial charge in [0.25, 0.3) is 0 Å². The average Bonchev–Trinajstić information content (AvgIpc) is 3.22. The molecule has 37 heavy (non-hydrogen) atoms. The van der Waals surface area contributed by atoms with Crippen molar-refractivity contribution in [3.05, 3.63) is 54.1 Å². The molecule has 3 aromatic rings. The van der Waals surface area contributed by atoms with Gasteiger partial charge in [-0.25, -0.2) is 14.8 Å².